The van der Waals surface area contributed by atoms with Crippen molar-refractivity contribution in [3.05, 3.63) is 63.7 Å². The van der Waals surface area contributed by atoms with E-state index in [2.05, 4.69) is 4.98 Å². The van der Waals surface area contributed by atoms with E-state index in [4.69, 9.17) is 16.3 Å². The number of carbonyl (C=O) groups excluding carboxylic acids is 3. The van der Waals surface area contributed by atoms with Gasteiger partial charge in [0.15, 0.2) is 23.4 Å². The predicted octanol–water partition coefficient (Wildman–Crippen LogP) is 3.96. The highest BCUT2D eigenvalue weighted by molar-refractivity contribution is 6.64. The number of amides is 2. The van der Waals surface area contributed by atoms with E-state index in [1.807, 2.05) is 0 Å². The van der Waals surface area contributed by atoms with Crippen LogP contribution in [0.15, 0.2) is 35.3 Å². The largest absolute Gasteiger partial charge is 0.434 e. The Morgan fingerprint density at radius 3 is 2.30 bits per heavy atom. The number of alkyl halides is 3. The lowest BCUT2D eigenvalue weighted by molar-refractivity contribution is -0.158. The van der Waals surface area contributed by atoms with Crippen molar-refractivity contribution in [1.29, 1.82) is 0 Å². The zero-order valence-electron chi connectivity index (χ0n) is 19.8. The van der Waals surface area contributed by atoms with Crippen LogP contribution in [-0.4, -0.2) is 51.7 Å². The fraction of sp³-hybridized carbons (Fsp3) is 0.292. The SMILES string of the molecule is O=C(N[C@@H](C1CC1)C(F)(F)F)c1cn(-c2c(F)cc(F)cc2F)c2nc(N3C[C@H](C(=O)Cl)OC3=O)ccc2c1=O. The molecule has 2 fully saturated rings. The molecule has 5 rings (SSSR count). The Hall–Kier alpha value is -4.14. The maximum absolute atomic E-state index is 14.8. The second-order valence-electron chi connectivity index (χ2n) is 9.12. The maximum atomic E-state index is 14.8. The summed E-state index contributed by atoms with van der Waals surface area (Å²) < 4.78 is 89.3. The molecule has 1 aliphatic heterocycles. The number of hydrogen-bond acceptors (Lipinski definition) is 6. The topological polar surface area (TPSA) is 111 Å². The highest BCUT2D eigenvalue weighted by atomic mass is 35.5. The van der Waals surface area contributed by atoms with Gasteiger partial charge < -0.3 is 10.1 Å². The molecule has 3 heterocycles. The van der Waals surface area contributed by atoms with Crippen molar-refractivity contribution in [1.82, 2.24) is 14.9 Å². The van der Waals surface area contributed by atoms with Gasteiger partial charge in [-0.3, -0.25) is 23.9 Å². The molecular formula is C24H15ClF6N4O5. The monoisotopic (exact) mass is 588 g/mol. The van der Waals surface area contributed by atoms with Crippen LogP contribution in [0.3, 0.4) is 0 Å². The molecule has 210 valence electrons. The van der Waals surface area contributed by atoms with E-state index in [1.165, 1.54) is 0 Å². The number of fused-ring (bicyclic) bond motifs is 1. The molecule has 2 amide bonds. The van der Waals surface area contributed by atoms with Crippen LogP contribution in [0, 0.1) is 23.4 Å². The first kappa shape index (κ1) is 27.4. The minimum absolute atomic E-state index is 0.195. The molecule has 3 aromatic rings. The van der Waals surface area contributed by atoms with Crippen LogP contribution in [0.1, 0.15) is 23.2 Å². The number of hydrogen-bond donors (Lipinski definition) is 1. The number of halogens is 7. The third-order valence-electron chi connectivity index (χ3n) is 6.38. The van der Waals surface area contributed by atoms with E-state index in [-0.39, 0.29) is 18.7 Å². The van der Waals surface area contributed by atoms with Gasteiger partial charge in [0, 0.05) is 18.3 Å². The summed E-state index contributed by atoms with van der Waals surface area (Å²) >= 11 is 5.37. The molecule has 0 unspecified atom stereocenters. The fourth-order valence-corrected chi connectivity index (χ4v) is 4.44. The minimum atomic E-state index is -4.83. The number of nitrogens with one attached hydrogen (secondary N) is 1. The van der Waals surface area contributed by atoms with Crippen molar-refractivity contribution in [2.24, 2.45) is 5.92 Å². The molecule has 2 atom stereocenters. The van der Waals surface area contributed by atoms with Crippen molar-refractivity contribution < 1.29 is 45.5 Å². The molecule has 9 nitrogen and oxygen atoms in total. The number of aromatic nitrogens is 2. The summed E-state index contributed by atoms with van der Waals surface area (Å²) in [5, 5.41) is 0.299. The third-order valence-corrected chi connectivity index (χ3v) is 6.62. The van der Waals surface area contributed by atoms with Gasteiger partial charge in [0.25, 0.3) is 11.1 Å². The number of nitrogens with zero attached hydrogens (tertiary/aromatic N) is 3. The van der Waals surface area contributed by atoms with Crippen LogP contribution in [0.25, 0.3) is 16.7 Å². The number of rotatable bonds is 6. The zero-order valence-corrected chi connectivity index (χ0v) is 20.5. The van der Waals surface area contributed by atoms with E-state index in [0.717, 1.165) is 17.0 Å². The lowest BCUT2D eigenvalue weighted by atomic mass is 10.1. The van der Waals surface area contributed by atoms with Crippen molar-refractivity contribution in [3.63, 3.8) is 0 Å². The molecule has 0 spiro atoms. The first-order valence-electron chi connectivity index (χ1n) is 11.5. The lowest BCUT2D eigenvalue weighted by Crippen LogP contribution is -2.48. The summed E-state index contributed by atoms with van der Waals surface area (Å²) in [6.07, 6.45) is -6.29. The van der Waals surface area contributed by atoms with Crippen LogP contribution in [0.2, 0.25) is 0 Å². The Morgan fingerprint density at radius 2 is 1.75 bits per heavy atom. The highest BCUT2D eigenvalue weighted by Crippen LogP contribution is 2.40. The van der Waals surface area contributed by atoms with Crippen LogP contribution in [0.5, 0.6) is 0 Å². The number of carbonyl (C=O) groups is 3. The average Bonchev–Trinajstić information content (AvgIpc) is 3.62. The minimum Gasteiger partial charge on any atom is -0.434 e. The van der Waals surface area contributed by atoms with Gasteiger partial charge >= 0.3 is 12.3 Å². The van der Waals surface area contributed by atoms with Crippen LogP contribution < -0.4 is 15.6 Å². The number of anilines is 1. The Kier molecular flexibility index (Phi) is 6.72. The molecule has 1 aliphatic carbocycles. The van der Waals surface area contributed by atoms with Crippen LogP contribution in [0.4, 0.5) is 37.0 Å². The molecule has 1 saturated heterocycles. The highest BCUT2D eigenvalue weighted by Gasteiger charge is 2.50. The van der Waals surface area contributed by atoms with Gasteiger partial charge in [-0.2, -0.15) is 13.2 Å². The molecule has 40 heavy (non-hydrogen) atoms. The first-order valence-corrected chi connectivity index (χ1v) is 11.9. The quantitative estimate of drug-likeness (QED) is 0.345. The van der Waals surface area contributed by atoms with E-state index in [0.29, 0.717) is 22.9 Å². The second-order valence-corrected chi connectivity index (χ2v) is 9.49. The molecule has 0 radical (unpaired) electrons. The van der Waals surface area contributed by atoms with Crippen molar-refractivity contribution in [2.75, 3.05) is 11.4 Å². The molecule has 2 aromatic heterocycles. The predicted molar refractivity (Wildman–Crippen MR) is 126 cm³/mol. The smallest absolute Gasteiger partial charge is 0.416 e. The van der Waals surface area contributed by atoms with Gasteiger partial charge in [-0.05, 0) is 42.5 Å². The van der Waals surface area contributed by atoms with Crippen molar-refractivity contribution >= 4 is 45.7 Å². The second kappa shape index (κ2) is 9.80. The van der Waals surface area contributed by atoms with Crippen LogP contribution >= 0.6 is 11.6 Å². The zero-order chi connectivity index (χ0) is 29.1. The number of ether oxygens (including phenoxy) is 1. The third kappa shape index (κ3) is 4.96. The summed E-state index contributed by atoms with van der Waals surface area (Å²) in [6.45, 7) is -0.399. The van der Waals surface area contributed by atoms with Gasteiger partial charge in [-0.15, -0.1) is 0 Å². The fourth-order valence-electron chi connectivity index (χ4n) is 4.32. The summed E-state index contributed by atoms with van der Waals surface area (Å²) in [5.41, 5.74) is -3.61. The van der Waals surface area contributed by atoms with E-state index in [9.17, 15) is 45.5 Å². The van der Waals surface area contributed by atoms with Crippen molar-refractivity contribution in [3.8, 4) is 5.69 Å². The van der Waals surface area contributed by atoms with Gasteiger partial charge in [-0.1, -0.05) is 0 Å². The summed E-state index contributed by atoms with van der Waals surface area (Å²) in [5.74, 6) is -6.93. The van der Waals surface area contributed by atoms with E-state index in [1.54, 1.807) is 5.32 Å². The van der Waals surface area contributed by atoms with Gasteiger partial charge in [-0.25, -0.2) is 22.9 Å². The summed E-state index contributed by atoms with van der Waals surface area (Å²) in [7, 11) is 0. The maximum Gasteiger partial charge on any atom is 0.416 e. The van der Waals surface area contributed by atoms with Gasteiger partial charge in [0.2, 0.25) is 5.43 Å². The number of cyclic esters (lactones) is 1. The molecule has 2 aliphatic rings. The first-order chi connectivity index (χ1) is 18.8. The Balaban J connectivity index is 1.69. The normalized spacial score (nSPS) is 18.1. The van der Waals surface area contributed by atoms with Gasteiger partial charge in [0.05, 0.1) is 11.9 Å². The number of benzene rings is 1. The lowest BCUT2D eigenvalue weighted by Gasteiger charge is -2.22. The average molecular weight is 589 g/mol. The number of pyridine rings is 2. The van der Waals surface area contributed by atoms with Crippen molar-refractivity contribution in [2.45, 2.75) is 31.2 Å². The molecular weight excluding hydrogens is 574 g/mol. The molecule has 0 bridgehead atoms. The summed E-state index contributed by atoms with van der Waals surface area (Å²) in [6, 6.07) is 0.429. The standard InChI is InChI=1S/C24H15ClF6N4O5/c25-20(37)15-8-34(23(39)40-15)16-4-3-11-18(36)12(22(38)33-19(9-1-2-9)24(29,30)31)7-35(21(11)32-16)17-13(27)5-10(26)6-14(17)28/h3-7,9,15,19H,1-2,8H2,(H,33,38)/t15-,19+/m1/s1. The van der Waals surface area contributed by atoms with E-state index < -0.39 is 93.2 Å². The van der Waals surface area contributed by atoms with Gasteiger partial charge in [0.1, 0.15) is 28.9 Å². The Morgan fingerprint density at radius 1 is 1.10 bits per heavy atom. The molecule has 1 aromatic carbocycles. The van der Waals surface area contributed by atoms with E-state index >= 15 is 0 Å². The molecule has 16 heteroatoms. The summed E-state index contributed by atoms with van der Waals surface area (Å²) in [4.78, 5) is 54.7. The van der Waals surface area contributed by atoms with Crippen LogP contribution in [-0.2, 0) is 9.53 Å². The molecule has 1 saturated carbocycles. The molecule has 1 N–H and O–H groups in total. The Labute approximate surface area is 224 Å². The Bertz CT molecular complexity index is 1620.